The van der Waals surface area contributed by atoms with Gasteiger partial charge in [0.05, 0.1) is 15.3 Å². The van der Waals surface area contributed by atoms with Gasteiger partial charge in [-0.2, -0.15) is 4.72 Å². The highest BCUT2D eigenvalue weighted by Crippen LogP contribution is 2.42. The molecule has 11 heteroatoms. The average molecular weight is 505 g/mol. The van der Waals surface area contributed by atoms with Crippen LogP contribution >= 0.6 is 12.2 Å². The van der Waals surface area contributed by atoms with Gasteiger partial charge in [0.25, 0.3) is 0 Å². The quantitative estimate of drug-likeness (QED) is 0.377. The number of fused-ring (bicyclic) bond motifs is 1. The summed E-state index contributed by atoms with van der Waals surface area (Å²) in [6.45, 7) is -0.556. The van der Waals surface area contributed by atoms with Crippen molar-refractivity contribution in [1.29, 1.82) is 0 Å². The van der Waals surface area contributed by atoms with Gasteiger partial charge in [0.1, 0.15) is 24.1 Å². The van der Waals surface area contributed by atoms with Crippen molar-refractivity contribution in [3.8, 4) is 0 Å². The molecule has 0 saturated heterocycles. The number of sulfonamides is 1. The van der Waals surface area contributed by atoms with Gasteiger partial charge in [-0.25, -0.2) is 17.8 Å². The molecule has 2 N–H and O–H groups in total. The van der Waals surface area contributed by atoms with Gasteiger partial charge in [-0.1, -0.05) is 24.7 Å². The molecule has 2 atom stereocenters. The predicted molar refractivity (Wildman–Crippen MR) is 128 cm³/mol. The number of pyridine rings is 1. The summed E-state index contributed by atoms with van der Waals surface area (Å²) < 4.78 is 48.0. The third-order valence-corrected chi connectivity index (χ3v) is 8.16. The van der Waals surface area contributed by atoms with Gasteiger partial charge in [-0.3, -0.25) is 4.79 Å². The number of hydrogen-bond donors (Lipinski definition) is 2. The molecule has 34 heavy (non-hydrogen) atoms. The summed E-state index contributed by atoms with van der Waals surface area (Å²) in [4.78, 5) is 17.4. The fourth-order valence-electron chi connectivity index (χ4n) is 4.48. The van der Waals surface area contributed by atoms with Gasteiger partial charge in [0.2, 0.25) is 10.0 Å². The standard InChI is InChI=1S/C23H25FN4O4S2/c1-25-22(33)23(16-5-10-20-26-12-13-28(20)15-16)11-3-2-4-19(23)32-21(29)14-27-34(30,31)18-8-6-17(24)7-9-18/h5-10,12-13,15,19,27H,2-4,11,14H2,1H3,(H,25,33). The summed E-state index contributed by atoms with van der Waals surface area (Å²) in [6.07, 6.45) is 7.90. The molecule has 180 valence electrons. The zero-order valence-corrected chi connectivity index (χ0v) is 20.2. The predicted octanol–water partition coefficient (Wildman–Crippen LogP) is 2.72. The summed E-state index contributed by atoms with van der Waals surface area (Å²) >= 11 is 5.73. The molecule has 0 aliphatic heterocycles. The molecule has 1 aliphatic carbocycles. The highest BCUT2D eigenvalue weighted by Gasteiger charge is 2.48. The molecule has 2 aromatic heterocycles. The maximum absolute atomic E-state index is 13.1. The SMILES string of the molecule is CNC(=S)C1(c2ccc3nccn3c2)CCCCC1OC(=O)CNS(=O)(=O)c1ccc(F)cc1. The van der Waals surface area contributed by atoms with E-state index in [0.717, 1.165) is 48.3 Å². The van der Waals surface area contributed by atoms with Crippen LogP contribution in [0.2, 0.25) is 0 Å². The van der Waals surface area contributed by atoms with Crippen molar-refractivity contribution < 1.29 is 22.3 Å². The minimum Gasteiger partial charge on any atom is -0.460 e. The molecule has 3 aromatic rings. The second-order valence-electron chi connectivity index (χ2n) is 8.16. The Hall–Kier alpha value is -2.89. The molecule has 0 amide bonds. The monoisotopic (exact) mass is 504 g/mol. The largest absolute Gasteiger partial charge is 0.460 e. The van der Waals surface area contributed by atoms with Crippen molar-refractivity contribution in [3.63, 3.8) is 0 Å². The Balaban J connectivity index is 1.56. The summed E-state index contributed by atoms with van der Waals surface area (Å²) in [7, 11) is -2.26. The van der Waals surface area contributed by atoms with E-state index in [-0.39, 0.29) is 4.90 Å². The average Bonchev–Trinajstić information content (AvgIpc) is 3.31. The molecular formula is C23H25FN4O4S2. The Morgan fingerprint density at radius 2 is 2.03 bits per heavy atom. The van der Waals surface area contributed by atoms with Crippen LogP contribution in [0.3, 0.4) is 0 Å². The van der Waals surface area contributed by atoms with Crippen LogP contribution in [0.15, 0.2) is 59.9 Å². The molecular weight excluding hydrogens is 479 g/mol. The number of nitrogens with zero attached hydrogens (tertiary/aromatic N) is 2. The number of ether oxygens (including phenoxy) is 1. The van der Waals surface area contributed by atoms with E-state index in [2.05, 4.69) is 15.0 Å². The zero-order chi connectivity index (χ0) is 24.3. The molecule has 2 unspecified atom stereocenters. The Morgan fingerprint density at radius 1 is 1.26 bits per heavy atom. The normalized spacial score (nSPS) is 20.7. The van der Waals surface area contributed by atoms with Crippen molar-refractivity contribution in [3.05, 3.63) is 66.4 Å². The number of carbonyl (C=O) groups is 1. The molecule has 1 fully saturated rings. The number of imidazole rings is 1. The minimum atomic E-state index is -4.00. The summed E-state index contributed by atoms with van der Waals surface area (Å²) in [5, 5.41) is 3.07. The van der Waals surface area contributed by atoms with Crippen LogP contribution < -0.4 is 10.0 Å². The Bertz CT molecular complexity index is 1310. The second-order valence-corrected chi connectivity index (χ2v) is 10.3. The Kier molecular flexibility index (Phi) is 6.96. The Labute approximate surface area is 202 Å². The number of likely N-dealkylation sites (N-methyl/N-ethyl adjacent to an activating group) is 1. The molecule has 1 aliphatic rings. The highest BCUT2D eigenvalue weighted by molar-refractivity contribution is 7.89. The lowest BCUT2D eigenvalue weighted by molar-refractivity contribution is -0.151. The second kappa shape index (κ2) is 9.77. The summed E-state index contributed by atoms with van der Waals surface area (Å²) in [5.74, 6) is -1.27. The molecule has 0 radical (unpaired) electrons. The summed E-state index contributed by atoms with van der Waals surface area (Å²) in [5.41, 5.74) is 0.919. The van der Waals surface area contributed by atoms with Crippen LogP contribution in [0.1, 0.15) is 31.2 Å². The van der Waals surface area contributed by atoms with Crippen molar-refractivity contribution in [2.75, 3.05) is 13.6 Å². The fourth-order valence-corrected chi connectivity index (χ4v) is 5.80. The highest BCUT2D eigenvalue weighted by atomic mass is 32.2. The van der Waals surface area contributed by atoms with E-state index in [1.165, 1.54) is 0 Å². The molecule has 0 spiro atoms. The number of benzene rings is 1. The van der Waals surface area contributed by atoms with E-state index < -0.39 is 39.9 Å². The number of hydrogen-bond acceptors (Lipinski definition) is 6. The van der Waals surface area contributed by atoms with Crippen molar-refractivity contribution in [1.82, 2.24) is 19.4 Å². The van der Waals surface area contributed by atoms with Gasteiger partial charge >= 0.3 is 5.97 Å². The van der Waals surface area contributed by atoms with Gasteiger partial charge < -0.3 is 14.5 Å². The third-order valence-electron chi connectivity index (χ3n) is 6.18. The molecule has 8 nitrogen and oxygen atoms in total. The van der Waals surface area contributed by atoms with Gasteiger partial charge in [0, 0.05) is 25.6 Å². The fraction of sp³-hybridized carbons (Fsp3) is 0.348. The summed E-state index contributed by atoms with van der Waals surface area (Å²) in [6, 6.07) is 8.17. The first-order valence-corrected chi connectivity index (χ1v) is 12.8. The van der Waals surface area contributed by atoms with E-state index in [1.54, 1.807) is 13.2 Å². The van der Waals surface area contributed by atoms with Crippen molar-refractivity contribution in [2.45, 2.75) is 42.1 Å². The number of nitrogens with one attached hydrogen (secondary N) is 2. The van der Waals surface area contributed by atoms with Gasteiger partial charge in [-0.05, 0) is 55.2 Å². The van der Waals surface area contributed by atoms with Crippen LogP contribution in [-0.2, 0) is 25.0 Å². The lowest BCUT2D eigenvalue weighted by Gasteiger charge is -2.44. The maximum Gasteiger partial charge on any atom is 0.321 e. The first-order chi connectivity index (χ1) is 16.3. The minimum absolute atomic E-state index is 0.140. The number of esters is 1. The number of halogens is 1. The lowest BCUT2D eigenvalue weighted by atomic mass is 9.67. The molecule has 2 heterocycles. The number of rotatable bonds is 7. The first-order valence-electron chi connectivity index (χ1n) is 10.9. The van der Waals surface area contributed by atoms with Gasteiger partial charge in [-0.15, -0.1) is 0 Å². The topological polar surface area (TPSA) is 102 Å². The number of thiocarbonyl (C=S) groups is 1. The van der Waals surface area contributed by atoms with Gasteiger partial charge in [0.15, 0.2) is 0 Å². The van der Waals surface area contributed by atoms with E-state index in [9.17, 15) is 17.6 Å². The van der Waals surface area contributed by atoms with E-state index in [1.807, 2.05) is 28.9 Å². The number of carbonyl (C=O) groups excluding carboxylic acids is 1. The smallest absolute Gasteiger partial charge is 0.321 e. The van der Waals surface area contributed by atoms with E-state index in [4.69, 9.17) is 17.0 Å². The Morgan fingerprint density at radius 3 is 2.76 bits per heavy atom. The van der Waals surface area contributed by atoms with Crippen LogP contribution in [0.25, 0.3) is 5.65 Å². The third kappa shape index (κ3) is 4.68. The zero-order valence-electron chi connectivity index (χ0n) is 18.5. The van der Waals surface area contributed by atoms with E-state index in [0.29, 0.717) is 17.8 Å². The molecule has 1 saturated carbocycles. The van der Waals surface area contributed by atoms with Crippen molar-refractivity contribution in [2.24, 2.45) is 0 Å². The maximum atomic E-state index is 13.1. The molecule has 0 bridgehead atoms. The van der Waals surface area contributed by atoms with Crippen LogP contribution in [0.5, 0.6) is 0 Å². The van der Waals surface area contributed by atoms with Crippen LogP contribution in [0, 0.1) is 5.82 Å². The van der Waals surface area contributed by atoms with E-state index >= 15 is 0 Å². The van der Waals surface area contributed by atoms with Crippen molar-refractivity contribution >= 4 is 38.8 Å². The lowest BCUT2D eigenvalue weighted by Crippen LogP contribution is -2.54. The molecule has 1 aromatic carbocycles. The number of aromatic nitrogens is 2. The molecule has 4 rings (SSSR count). The van der Waals surface area contributed by atoms with Crippen LogP contribution in [0.4, 0.5) is 4.39 Å². The first kappa shape index (κ1) is 24.2. The van der Waals surface area contributed by atoms with Crippen LogP contribution in [-0.4, -0.2) is 48.5 Å².